The lowest BCUT2D eigenvalue weighted by Crippen LogP contribution is -2.34. The number of hydrogen-bond acceptors (Lipinski definition) is 5. The molecule has 4 aromatic rings. The molecule has 1 saturated heterocycles. The van der Waals surface area contributed by atoms with E-state index in [1.165, 1.54) is 5.56 Å². The van der Waals surface area contributed by atoms with Gasteiger partial charge >= 0.3 is 0 Å². The van der Waals surface area contributed by atoms with Crippen molar-refractivity contribution < 1.29 is 4.74 Å². The standard InChI is InChI=1S/C24H28N6O/c1-3-29-15-18(13-25-29)14-28-11-5-7-21(16-28)24-26-23-10-9-20(17-30(23)27-24)19-6-4-8-22(12-19)31-2/h4,6,8-10,12-13,15,17,21H,3,5,7,11,14,16H2,1-2H3. The van der Waals surface area contributed by atoms with Gasteiger partial charge in [0.25, 0.3) is 0 Å². The first kappa shape index (κ1) is 19.8. The van der Waals surface area contributed by atoms with E-state index in [1.54, 1.807) is 7.11 Å². The minimum atomic E-state index is 0.357. The minimum Gasteiger partial charge on any atom is -0.497 e. The summed E-state index contributed by atoms with van der Waals surface area (Å²) in [7, 11) is 1.69. The van der Waals surface area contributed by atoms with Crippen molar-refractivity contribution in [2.24, 2.45) is 0 Å². The van der Waals surface area contributed by atoms with Crippen LogP contribution >= 0.6 is 0 Å². The van der Waals surface area contributed by atoms with Crippen LogP contribution in [0.15, 0.2) is 55.0 Å². The Morgan fingerprint density at radius 3 is 2.90 bits per heavy atom. The maximum atomic E-state index is 5.36. The highest BCUT2D eigenvalue weighted by Crippen LogP contribution is 2.28. The van der Waals surface area contributed by atoms with Gasteiger partial charge in [0.05, 0.1) is 13.3 Å². The van der Waals surface area contributed by atoms with Crippen molar-refractivity contribution >= 4 is 5.65 Å². The average Bonchev–Trinajstić information content (AvgIpc) is 3.45. The summed E-state index contributed by atoms with van der Waals surface area (Å²) < 4.78 is 9.26. The summed E-state index contributed by atoms with van der Waals surface area (Å²) in [6.07, 6.45) is 8.48. The van der Waals surface area contributed by atoms with Crippen molar-refractivity contribution in [2.75, 3.05) is 20.2 Å². The fourth-order valence-electron chi connectivity index (χ4n) is 4.38. The molecule has 0 saturated carbocycles. The number of nitrogens with zero attached hydrogens (tertiary/aromatic N) is 6. The zero-order valence-corrected chi connectivity index (χ0v) is 18.1. The van der Waals surface area contributed by atoms with Crippen molar-refractivity contribution in [3.63, 3.8) is 0 Å². The normalized spacial score (nSPS) is 17.3. The first-order chi connectivity index (χ1) is 15.2. The summed E-state index contributed by atoms with van der Waals surface area (Å²) in [5, 5.41) is 9.26. The molecule has 0 bridgehead atoms. The molecule has 7 nitrogen and oxygen atoms in total. The maximum Gasteiger partial charge on any atom is 0.156 e. The van der Waals surface area contributed by atoms with E-state index in [9.17, 15) is 0 Å². The molecule has 0 aliphatic carbocycles. The van der Waals surface area contributed by atoms with E-state index in [1.807, 2.05) is 39.7 Å². The number of methoxy groups -OCH3 is 1. The molecule has 1 fully saturated rings. The van der Waals surface area contributed by atoms with Gasteiger partial charge in [-0.25, -0.2) is 9.50 Å². The molecule has 0 radical (unpaired) electrons. The topological polar surface area (TPSA) is 60.5 Å². The molecule has 1 unspecified atom stereocenters. The molecule has 3 aromatic heterocycles. The van der Waals surface area contributed by atoms with Crippen LogP contribution in [-0.4, -0.2) is 49.5 Å². The molecule has 1 atom stereocenters. The van der Waals surface area contributed by atoms with Gasteiger partial charge in [0.15, 0.2) is 11.5 Å². The lowest BCUT2D eigenvalue weighted by atomic mass is 9.97. The Kier molecular flexibility index (Phi) is 5.42. The van der Waals surface area contributed by atoms with Gasteiger partial charge in [-0.2, -0.15) is 10.2 Å². The second kappa shape index (κ2) is 8.51. The second-order valence-corrected chi connectivity index (χ2v) is 8.20. The first-order valence-electron chi connectivity index (χ1n) is 11.0. The zero-order valence-electron chi connectivity index (χ0n) is 18.1. The molecule has 4 heterocycles. The highest BCUT2D eigenvalue weighted by Gasteiger charge is 2.25. The summed E-state index contributed by atoms with van der Waals surface area (Å²) in [5.74, 6) is 2.15. The number of aromatic nitrogens is 5. The third-order valence-corrected chi connectivity index (χ3v) is 6.04. The largest absolute Gasteiger partial charge is 0.497 e. The highest BCUT2D eigenvalue weighted by atomic mass is 16.5. The Hall–Kier alpha value is -3.19. The molecule has 0 spiro atoms. The van der Waals surface area contributed by atoms with Crippen LogP contribution in [0.2, 0.25) is 0 Å². The molecular weight excluding hydrogens is 388 g/mol. The van der Waals surface area contributed by atoms with Crippen molar-refractivity contribution in [2.45, 2.75) is 38.8 Å². The van der Waals surface area contributed by atoms with E-state index >= 15 is 0 Å². The van der Waals surface area contributed by atoms with Crippen LogP contribution in [0.4, 0.5) is 0 Å². The van der Waals surface area contributed by atoms with E-state index in [-0.39, 0.29) is 0 Å². The van der Waals surface area contributed by atoms with E-state index in [0.717, 1.165) is 67.4 Å². The lowest BCUT2D eigenvalue weighted by Gasteiger charge is -2.30. The zero-order chi connectivity index (χ0) is 21.2. The molecule has 5 rings (SSSR count). The van der Waals surface area contributed by atoms with Gasteiger partial charge in [-0.3, -0.25) is 9.58 Å². The number of rotatable bonds is 6. The van der Waals surface area contributed by atoms with Crippen LogP contribution in [0.1, 0.15) is 37.1 Å². The fourth-order valence-corrected chi connectivity index (χ4v) is 4.38. The van der Waals surface area contributed by atoms with Crippen LogP contribution in [-0.2, 0) is 13.1 Å². The van der Waals surface area contributed by atoms with Gasteiger partial charge in [0.1, 0.15) is 5.75 Å². The number of likely N-dealkylation sites (tertiary alicyclic amines) is 1. The molecule has 160 valence electrons. The number of piperidine rings is 1. The van der Waals surface area contributed by atoms with E-state index in [0.29, 0.717) is 5.92 Å². The molecular formula is C24H28N6O. The van der Waals surface area contributed by atoms with Gasteiger partial charge in [-0.1, -0.05) is 12.1 Å². The third-order valence-electron chi connectivity index (χ3n) is 6.04. The fraction of sp³-hybridized carbons (Fsp3) is 0.375. The minimum absolute atomic E-state index is 0.357. The number of aryl methyl sites for hydroxylation is 1. The maximum absolute atomic E-state index is 5.36. The van der Waals surface area contributed by atoms with Crippen molar-refractivity contribution in [3.05, 3.63) is 66.4 Å². The van der Waals surface area contributed by atoms with Crippen molar-refractivity contribution in [1.82, 2.24) is 29.3 Å². The first-order valence-corrected chi connectivity index (χ1v) is 11.0. The Morgan fingerprint density at radius 2 is 2.06 bits per heavy atom. The summed E-state index contributed by atoms with van der Waals surface area (Å²) in [4.78, 5) is 7.35. The summed E-state index contributed by atoms with van der Waals surface area (Å²) in [6, 6.07) is 12.2. The smallest absolute Gasteiger partial charge is 0.156 e. The molecule has 31 heavy (non-hydrogen) atoms. The van der Waals surface area contributed by atoms with Crippen molar-refractivity contribution in [1.29, 1.82) is 0 Å². The Balaban J connectivity index is 1.34. The molecule has 1 aliphatic rings. The number of ether oxygens (including phenoxy) is 1. The molecule has 1 aromatic carbocycles. The molecule has 7 heteroatoms. The summed E-state index contributed by atoms with van der Waals surface area (Å²) in [5.41, 5.74) is 4.37. The SMILES string of the molecule is CCn1cc(CN2CCCC(c3nc4ccc(-c5cccc(OC)c5)cn4n3)C2)cn1. The average molecular weight is 417 g/mol. The molecule has 0 N–H and O–H groups in total. The van der Waals surface area contributed by atoms with Gasteiger partial charge in [-0.15, -0.1) is 0 Å². The van der Waals surface area contributed by atoms with Crippen molar-refractivity contribution in [3.8, 4) is 16.9 Å². The van der Waals surface area contributed by atoms with Gasteiger partial charge in [0.2, 0.25) is 0 Å². The number of benzene rings is 1. The van der Waals surface area contributed by atoms with Crippen LogP contribution in [0.3, 0.4) is 0 Å². The predicted octanol–water partition coefficient (Wildman–Crippen LogP) is 4.00. The molecule has 0 amide bonds. The highest BCUT2D eigenvalue weighted by molar-refractivity contribution is 5.65. The van der Waals surface area contributed by atoms with Gasteiger partial charge in [0, 0.05) is 49.1 Å². The van der Waals surface area contributed by atoms with Crippen LogP contribution in [0.5, 0.6) is 5.75 Å². The predicted molar refractivity (Wildman–Crippen MR) is 120 cm³/mol. The van der Waals surface area contributed by atoms with Crippen LogP contribution in [0.25, 0.3) is 16.8 Å². The van der Waals surface area contributed by atoms with E-state index in [2.05, 4.69) is 41.4 Å². The quantitative estimate of drug-likeness (QED) is 0.475. The number of fused-ring (bicyclic) bond motifs is 1. The van der Waals surface area contributed by atoms with Gasteiger partial charge in [-0.05, 0) is 56.1 Å². The van der Waals surface area contributed by atoms with E-state index in [4.69, 9.17) is 14.8 Å². The second-order valence-electron chi connectivity index (χ2n) is 8.20. The van der Waals surface area contributed by atoms with Crippen LogP contribution < -0.4 is 4.74 Å². The monoisotopic (exact) mass is 416 g/mol. The number of hydrogen-bond donors (Lipinski definition) is 0. The third kappa shape index (κ3) is 4.18. The van der Waals surface area contributed by atoms with Gasteiger partial charge < -0.3 is 4.74 Å². The summed E-state index contributed by atoms with van der Waals surface area (Å²) >= 11 is 0. The Morgan fingerprint density at radius 1 is 1.13 bits per heavy atom. The lowest BCUT2D eigenvalue weighted by molar-refractivity contribution is 0.196. The molecule has 1 aliphatic heterocycles. The Bertz CT molecular complexity index is 1180. The summed E-state index contributed by atoms with van der Waals surface area (Å²) in [6.45, 7) is 6.05. The number of pyridine rings is 1. The van der Waals surface area contributed by atoms with E-state index < -0.39 is 0 Å². The van der Waals surface area contributed by atoms with Crippen LogP contribution in [0, 0.1) is 0 Å². The Labute approximate surface area is 182 Å².